The molecule has 1 amide bonds. The Kier molecular flexibility index (Phi) is 5.04. The maximum atomic E-state index is 13.0. The monoisotopic (exact) mass is 289 g/mol. The quantitative estimate of drug-likeness (QED) is 0.845. The second-order valence-electron chi connectivity index (χ2n) is 6.50. The fourth-order valence-electron chi connectivity index (χ4n) is 3.35. The molecule has 1 aromatic carbocycles. The number of amides is 1. The molecule has 2 rings (SSSR count). The summed E-state index contributed by atoms with van der Waals surface area (Å²) >= 11 is 0. The molecule has 3 heteroatoms. The standard InChI is InChI=1S/C18H27NO2/c1-3-17(2,13-14-20)19-16(21)18(11-7-8-12-18)15-9-5-4-6-10-15/h4-6,9-10,20H,3,7-8,11-14H2,1-2H3,(H,19,21). The van der Waals surface area contributed by atoms with Gasteiger partial charge in [-0.25, -0.2) is 0 Å². The van der Waals surface area contributed by atoms with E-state index in [-0.39, 0.29) is 23.5 Å². The van der Waals surface area contributed by atoms with Gasteiger partial charge in [0.15, 0.2) is 0 Å². The molecule has 1 unspecified atom stereocenters. The smallest absolute Gasteiger partial charge is 0.231 e. The third-order valence-corrected chi connectivity index (χ3v) is 5.08. The highest BCUT2D eigenvalue weighted by atomic mass is 16.3. The summed E-state index contributed by atoms with van der Waals surface area (Å²) in [7, 11) is 0. The molecule has 0 saturated heterocycles. The SMILES string of the molecule is CCC(C)(CCO)NC(=O)C1(c2ccccc2)CCCC1. The Bertz CT molecular complexity index is 465. The van der Waals surface area contributed by atoms with Crippen LogP contribution >= 0.6 is 0 Å². The van der Waals surface area contributed by atoms with Gasteiger partial charge in [-0.15, -0.1) is 0 Å². The molecule has 0 spiro atoms. The number of aliphatic hydroxyl groups excluding tert-OH is 1. The van der Waals surface area contributed by atoms with Crippen molar-refractivity contribution in [2.45, 2.75) is 63.3 Å². The van der Waals surface area contributed by atoms with Gasteiger partial charge in [-0.1, -0.05) is 50.1 Å². The normalized spacial score (nSPS) is 20.0. The molecule has 1 aromatic rings. The first-order valence-electron chi connectivity index (χ1n) is 8.05. The van der Waals surface area contributed by atoms with Crippen LogP contribution in [0.5, 0.6) is 0 Å². The van der Waals surface area contributed by atoms with E-state index in [1.54, 1.807) is 0 Å². The van der Waals surface area contributed by atoms with Crippen molar-refractivity contribution >= 4 is 5.91 Å². The maximum absolute atomic E-state index is 13.0. The third-order valence-electron chi connectivity index (χ3n) is 5.08. The molecule has 0 bridgehead atoms. The average Bonchev–Trinajstić information content (AvgIpc) is 2.99. The van der Waals surface area contributed by atoms with Crippen molar-refractivity contribution in [3.8, 4) is 0 Å². The van der Waals surface area contributed by atoms with Crippen molar-refractivity contribution in [3.05, 3.63) is 35.9 Å². The summed E-state index contributed by atoms with van der Waals surface area (Å²) in [6.07, 6.45) is 5.46. The zero-order chi connectivity index (χ0) is 15.3. The van der Waals surface area contributed by atoms with E-state index in [9.17, 15) is 9.90 Å². The van der Waals surface area contributed by atoms with Crippen molar-refractivity contribution in [3.63, 3.8) is 0 Å². The summed E-state index contributed by atoms with van der Waals surface area (Å²) in [5.41, 5.74) is 0.422. The van der Waals surface area contributed by atoms with Crippen molar-refractivity contribution in [2.24, 2.45) is 0 Å². The van der Waals surface area contributed by atoms with Gasteiger partial charge in [-0.2, -0.15) is 0 Å². The highest BCUT2D eigenvalue weighted by molar-refractivity contribution is 5.89. The van der Waals surface area contributed by atoms with Crippen molar-refractivity contribution in [1.82, 2.24) is 5.32 Å². The van der Waals surface area contributed by atoms with Crippen LogP contribution in [0.25, 0.3) is 0 Å². The topological polar surface area (TPSA) is 49.3 Å². The fourth-order valence-corrected chi connectivity index (χ4v) is 3.35. The minimum Gasteiger partial charge on any atom is -0.396 e. The van der Waals surface area contributed by atoms with E-state index in [0.29, 0.717) is 6.42 Å². The van der Waals surface area contributed by atoms with Crippen LogP contribution in [0.2, 0.25) is 0 Å². The van der Waals surface area contributed by atoms with Gasteiger partial charge in [0, 0.05) is 12.1 Å². The summed E-state index contributed by atoms with van der Waals surface area (Å²) in [5, 5.41) is 12.5. The Labute approximate surface area is 127 Å². The van der Waals surface area contributed by atoms with Crippen LogP contribution in [0.4, 0.5) is 0 Å². The van der Waals surface area contributed by atoms with Crippen LogP contribution in [-0.4, -0.2) is 23.2 Å². The van der Waals surface area contributed by atoms with Gasteiger partial charge < -0.3 is 10.4 Å². The Morgan fingerprint density at radius 2 is 1.90 bits per heavy atom. The summed E-state index contributed by atoms with van der Waals surface area (Å²) in [6.45, 7) is 4.18. The molecule has 2 N–H and O–H groups in total. The minimum absolute atomic E-state index is 0.100. The predicted molar refractivity (Wildman–Crippen MR) is 85.1 cm³/mol. The number of hydrogen-bond donors (Lipinski definition) is 2. The van der Waals surface area contributed by atoms with E-state index in [2.05, 4.69) is 24.4 Å². The van der Waals surface area contributed by atoms with E-state index < -0.39 is 0 Å². The van der Waals surface area contributed by atoms with Gasteiger partial charge in [-0.05, 0) is 38.2 Å². The van der Waals surface area contributed by atoms with Gasteiger partial charge >= 0.3 is 0 Å². The molecule has 1 aliphatic rings. The van der Waals surface area contributed by atoms with Crippen molar-refractivity contribution in [1.29, 1.82) is 0 Å². The van der Waals surface area contributed by atoms with E-state index >= 15 is 0 Å². The van der Waals surface area contributed by atoms with Crippen LogP contribution in [0, 0.1) is 0 Å². The summed E-state index contributed by atoms with van der Waals surface area (Å²) in [6, 6.07) is 10.2. The second-order valence-corrected chi connectivity index (χ2v) is 6.50. The second kappa shape index (κ2) is 6.61. The lowest BCUT2D eigenvalue weighted by atomic mass is 9.77. The first kappa shape index (κ1) is 16.0. The Morgan fingerprint density at radius 1 is 1.29 bits per heavy atom. The highest BCUT2D eigenvalue weighted by Crippen LogP contribution is 2.41. The van der Waals surface area contributed by atoms with Gasteiger partial charge in [-0.3, -0.25) is 4.79 Å². The molecule has 116 valence electrons. The average molecular weight is 289 g/mol. The number of benzene rings is 1. The Hall–Kier alpha value is -1.35. The van der Waals surface area contributed by atoms with E-state index in [1.807, 2.05) is 25.1 Å². The zero-order valence-electron chi connectivity index (χ0n) is 13.2. The lowest BCUT2D eigenvalue weighted by molar-refractivity contribution is -0.128. The van der Waals surface area contributed by atoms with Gasteiger partial charge in [0.2, 0.25) is 5.91 Å². The molecule has 1 aliphatic carbocycles. The molecule has 1 saturated carbocycles. The lowest BCUT2D eigenvalue weighted by Crippen LogP contribution is -2.53. The third kappa shape index (κ3) is 3.29. The number of hydrogen-bond acceptors (Lipinski definition) is 2. The molecular formula is C18H27NO2. The Balaban J connectivity index is 2.25. The molecule has 1 fully saturated rings. The van der Waals surface area contributed by atoms with Crippen LogP contribution in [-0.2, 0) is 10.2 Å². The molecule has 0 heterocycles. The molecule has 3 nitrogen and oxygen atoms in total. The molecular weight excluding hydrogens is 262 g/mol. The molecule has 1 atom stereocenters. The van der Waals surface area contributed by atoms with Crippen LogP contribution < -0.4 is 5.32 Å². The number of carbonyl (C=O) groups is 1. The number of carbonyl (C=O) groups excluding carboxylic acids is 1. The van der Waals surface area contributed by atoms with Crippen LogP contribution in [0.3, 0.4) is 0 Å². The fraction of sp³-hybridized carbons (Fsp3) is 0.611. The summed E-state index contributed by atoms with van der Waals surface area (Å²) in [4.78, 5) is 13.0. The number of nitrogens with one attached hydrogen (secondary N) is 1. The van der Waals surface area contributed by atoms with E-state index in [1.165, 1.54) is 0 Å². The zero-order valence-corrected chi connectivity index (χ0v) is 13.2. The highest BCUT2D eigenvalue weighted by Gasteiger charge is 2.44. The summed E-state index contributed by atoms with van der Waals surface area (Å²) in [5.74, 6) is 0.129. The van der Waals surface area contributed by atoms with Gasteiger partial charge in [0.25, 0.3) is 0 Å². The van der Waals surface area contributed by atoms with Gasteiger partial charge in [0.1, 0.15) is 0 Å². The van der Waals surface area contributed by atoms with Crippen LogP contribution in [0.15, 0.2) is 30.3 Å². The number of rotatable bonds is 6. The lowest BCUT2D eigenvalue weighted by Gasteiger charge is -2.36. The first-order chi connectivity index (χ1) is 10.1. The predicted octanol–water partition coefficient (Wildman–Crippen LogP) is 3.17. The molecule has 0 aromatic heterocycles. The van der Waals surface area contributed by atoms with E-state index in [4.69, 9.17) is 0 Å². The van der Waals surface area contributed by atoms with E-state index in [0.717, 1.165) is 37.7 Å². The largest absolute Gasteiger partial charge is 0.396 e. The maximum Gasteiger partial charge on any atom is 0.231 e. The molecule has 0 aliphatic heterocycles. The summed E-state index contributed by atoms with van der Waals surface area (Å²) < 4.78 is 0. The molecule has 21 heavy (non-hydrogen) atoms. The van der Waals surface area contributed by atoms with Gasteiger partial charge in [0.05, 0.1) is 5.41 Å². The Morgan fingerprint density at radius 3 is 2.43 bits per heavy atom. The van der Waals surface area contributed by atoms with Crippen molar-refractivity contribution in [2.75, 3.05) is 6.61 Å². The van der Waals surface area contributed by atoms with Crippen LogP contribution in [0.1, 0.15) is 57.9 Å². The minimum atomic E-state index is -0.382. The number of aliphatic hydroxyl groups is 1. The molecule has 0 radical (unpaired) electrons. The van der Waals surface area contributed by atoms with Crippen molar-refractivity contribution < 1.29 is 9.90 Å². The first-order valence-corrected chi connectivity index (χ1v) is 8.05.